The average Bonchev–Trinajstić information content (AvgIpc) is 2.98. The van der Waals surface area contributed by atoms with Crippen LogP contribution >= 0.6 is 11.3 Å². The van der Waals surface area contributed by atoms with Crippen LogP contribution in [0.2, 0.25) is 0 Å². The molecule has 0 atom stereocenters. The van der Waals surface area contributed by atoms with Crippen molar-refractivity contribution in [3.8, 4) is 0 Å². The summed E-state index contributed by atoms with van der Waals surface area (Å²) in [5.74, 6) is 0.873. The van der Waals surface area contributed by atoms with E-state index in [9.17, 15) is 0 Å². The van der Waals surface area contributed by atoms with Crippen LogP contribution in [0.25, 0.3) is 0 Å². The van der Waals surface area contributed by atoms with E-state index in [0.29, 0.717) is 12.6 Å². The SMILES string of the molecule is CCNC(=NCc1scnc1C)NCCCOC1CCCCC1. The third-order valence-corrected chi connectivity index (χ3v) is 5.01. The fraction of sp³-hybridized carbons (Fsp3) is 0.765. The molecule has 1 saturated carbocycles. The van der Waals surface area contributed by atoms with Crippen LogP contribution in [-0.2, 0) is 11.3 Å². The number of aromatic nitrogens is 1. The Labute approximate surface area is 144 Å². The second kappa shape index (κ2) is 10.6. The molecule has 2 N–H and O–H groups in total. The molecule has 0 saturated heterocycles. The zero-order valence-corrected chi connectivity index (χ0v) is 15.3. The minimum absolute atomic E-state index is 0.500. The van der Waals surface area contributed by atoms with Gasteiger partial charge in [-0.25, -0.2) is 9.98 Å². The Kier molecular flexibility index (Phi) is 8.39. The fourth-order valence-corrected chi connectivity index (χ4v) is 3.43. The Balaban J connectivity index is 1.64. The summed E-state index contributed by atoms with van der Waals surface area (Å²) >= 11 is 1.66. The minimum Gasteiger partial charge on any atom is -0.378 e. The van der Waals surface area contributed by atoms with Crippen LogP contribution in [0.4, 0.5) is 0 Å². The number of nitrogens with one attached hydrogen (secondary N) is 2. The summed E-state index contributed by atoms with van der Waals surface area (Å²) in [6, 6.07) is 0. The smallest absolute Gasteiger partial charge is 0.191 e. The van der Waals surface area contributed by atoms with Crippen molar-refractivity contribution in [3.05, 3.63) is 16.1 Å². The highest BCUT2D eigenvalue weighted by Crippen LogP contribution is 2.20. The molecule has 1 aromatic rings. The zero-order valence-electron chi connectivity index (χ0n) is 14.4. The van der Waals surface area contributed by atoms with Gasteiger partial charge in [-0.2, -0.15) is 0 Å². The van der Waals surface area contributed by atoms with Crippen molar-refractivity contribution in [2.45, 2.75) is 65.0 Å². The van der Waals surface area contributed by atoms with Crippen molar-refractivity contribution < 1.29 is 4.74 Å². The van der Waals surface area contributed by atoms with Gasteiger partial charge in [0.25, 0.3) is 0 Å². The van der Waals surface area contributed by atoms with Crippen LogP contribution in [0.15, 0.2) is 10.5 Å². The van der Waals surface area contributed by atoms with Crippen molar-refractivity contribution in [2.75, 3.05) is 19.7 Å². The van der Waals surface area contributed by atoms with Crippen LogP contribution in [0.3, 0.4) is 0 Å². The number of hydrogen-bond acceptors (Lipinski definition) is 4. The van der Waals surface area contributed by atoms with Gasteiger partial charge in [-0.05, 0) is 33.1 Å². The number of thiazole rings is 1. The zero-order chi connectivity index (χ0) is 16.3. The molecule has 0 spiro atoms. The third-order valence-electron chi connectivity index (χ3n) is 4.09. The molecule has 0 unspecified atom stereocenters. The standard InChI is InChI=1S/C17H30N4OS/c1-3-18-17(20-12-16-14(2)21-13-23-16)19-10-7-11-22-15-8-5-4-6-9-15/h13,15H,3-12H2,1-2H3,(H2,18,19,20). The molecule has 0 radical (unpaired) electrons. The number of guanidine groups is 1. The lowest BCUT2D eigenvalue weighted by Crippen LogP contribution is -2.38. The summed E-state index contributed by atoms with van der Waals surface area (Å²) in [5, 5.41) is 6.67. The van der Waals surface area contributed by atoms with Crippen LogP contribution in [0.1, 0.15) is 56.0 Å². The number of rotatable bonds is 8. The quantitative estimate of drug-likeness (QED) is 0.434. The second-order valence-corrected chi connectivity index (χ2v) is 6.91. The van der Waals surface area contributed by atoms with Gasteiger partial charge in [-0.15, -0.1) is 11.3 Å². The molecule has 0 aliphatic heterocycles. The number of aliphatic imine (C=N–C) groups is 1. The molecule has 1 aliphatic carbocycles. The summed E-state index contributed by atoms with van der Waals surface area (Å²) in [6.07, 6.45) is 8.04. The van der Waals surface area contributed by atoms with E-state index in [1.165, 1.54) is 37.0 Å². The summed E-state index contributed by atoms with van der Waals surface area (Å²) in [4.78, 5) is 10.1. The van der Waals surface area contributed by atoms with Gasteiger partial charge < -0.3 is 15.4 Å². The van der Waals surface area contributed by atoms with Crippen molar-refractivity contribution in [3.63, 3.8) is 0 Å². The maximum atomic E-state index is 5.95. The van der Waals surface area contributed by atoms with E-state index in [-0.39, 0.29) is 0 Å². The fourth-order valence-electron chi connectivity index (χ4n) is 2.73. The van der Waals surface area contributed by atoms with Gasteiger partial charge in [0.15, 0.2) is 5.96 Å². The molecule has 6 heteroatoms. The summed E-state index contributed by atoms with van der Waals surface area (Å²) < 4.78 is 5.95. The Hall–Kier alpha value is -1.14. The van der Waals surface area contributed by atoms with Crippen LogP contribution in [-0.4, -0.2) is 36.7 Å². The van der Waals surface area contributed by atoms with Gasteiger partial charge in [-0.1, -0.05) is 19.3 Å². The molecule has 1 heterocycles. The lowest BCUT2D eigenvalue weighted by Gasteiger charge is -2.22. The second-order valence-electron chi connectivity index (χ2n) is 5.97. The van der Waals surface area contributed by atoms with E-state index < -0.39 is 0 Å². The molecular weight excluding hydrogens is 308 g/mol. The van der Waals surface area contributed by atoms with Crippen LogP contribution < -0.4 is 10.6 Å². The first-order chi connectivity index (χ1) is 11.3. The van der Waals surface area contributed by atoms with E-state index in [1.54, 1.807) is 11.3 Å². The van der Waals surface area contributed by atoms with Crippen molar-refractivity contribution in [1.82, 2.24) is 15.6 Å². The van der Waals surface area contributed by atoms with Gasteiger partial charge in [0, 0.05) is 24.6 Å². The predicted octanol–water partition coefficient (Wildman–Crippen LogP) is 3.25. The molecule has 1 aromatic heterocycles. The van der Waals surface area contributed by atoms with Gasteiger partial charge in [0.1, 0.15) is 0 Å². The van der Waals surface area contributed by atoms with Gasteiger partial charge in [-0.3, -0.25) is 0 Å². The molecule has 2 rings (SSSR count). The molecular formula is C17H30N4OS. The number of aryl methyl sites for hydroxylation is 1. The average molecular weight is 339 g/mol. The molecule has 0 bridgehead atoms. The maximum absolute atomic E-state index is 5.95. The predicted molar refractivity (Wildman–Crippen MR) is 97.1 cm³/mol. The largest absolute Gasteiger partial charge is 0.378 e. The maximum Gasteiger partial charge on any atom is 0.191 e. The minimum atomic E-state index is 0.500. The summed E-state index contributed by atoms with van der Waals surface area (Å²) in [5.41, 5.74) is 2.96. The molecule has 5 nitrogen and oxygen atoms in total. The van der Waals surface area contributed by atoms with E-state index in [4.69, 9.17) is 4.74 Å². The monoisotopic (exact) mass is 338 g/mol. The van der Waals surface area contributed by atoms with E-state index in [0.717, 1.165) is 37.8 Å². The summed E-state index contributed by atoms with van der Waals surface area (Å²) in [7, 11) is 0. The molecule has 0 aromatic carbocycles. The molecule has 23 heavy (non-hydrogen) atoms. The normalized spacial score (nSPS) is 16.5. The number of ether oxygens (including phenoxy) is 1. The Bertz CT molecular complexity index is 469. The van der Waals surface area contributed by atoms with Gasteiger partial charge in [0.05, 0.1) is 23.9 Å². The van der Waals surface area contributed by atoms with Crippen molar-refractivity contribution in [2.24, 2.45) is 4.99 Å². The Morgan fingerprint density at radius 2 is 2.17 bits per heavy atom. The molecule has 1 fully saturated rings. The molecule has 1 aliphatic rings. The molecule has 130 valence electrons. The van der Waals surface area contributed by atoms with E-state index in [2.05, 4.69) is 27.5 Å². The van der Waals surface area contributed by atoms with Crippen molar-refractivity contribution >= 4 is 17.3 Å². The number of nitrogens with zero attached hydrogens (tertiary/aromatic N) is 2. The van der Waals surface area contributed by atoms with Crippen molar-refractivity contribution in [1.29, 1.82) is 0 Å². The highest BCUT2D eigenvalue weighted by Gasteiger charge is 2.12. The summed E-state index contributed by atoms with van der Waals surface area (Å²) in [6.45, 7) is 7.40. The number of hydrogen-bond donors (Lipinski definition) is 2. The Morgan fingerprint density at radius 3 is 2.87 bits per heavy atom. The van der Waals surface area contributed by atoms with Crippen LogP contribution in [0, 0.1) is 6.92 Å². The van der Waals surface area contributed by atoms with Gasteiger partial charge >= 0.3 is 0 Å². The van der Waals surface area contributed by atoms with Crippen LogP contribution in [0.5, 0.6) is 0 Å². The third kappa shape index (κ3) is 6.87. The van der Waals surface area contributed by atoms with E-state index in [1.807, 2.05) is 12.4 Å². The Morgan fingerprint density at radius 1 is 1.35 bits per heavy atom. The highest BCUT2D eigenvalue weighted by molar-refractivity contribution is 7.09. The lowest BCUT2D eigenvalue weighted by molar-refractivity contribution is 0.0277. The van der Waals surface area contributed by atoms with E-state index >= 15 is 0 Å². The molecule has 0 amide bonds. The lowest BCUT2D eigenvalue weighted by atomic mass is 9.98. The topological polar surface area (TPSA) is 58.5 Å². The van der Waals surface area contributed by atoms with Gasteiger partial charge in [0.2, 0.25) is 0 Å². The first-order valence-corrected chi connectivity index (χ1v) is 9.70. The first kappa shape index (κ1) is 18.2. The first-order valence-electron chi connectivity index (χ1n) is 8.82. The highest BCUT2D eigenvalue weighted by atomic mass is 32.1.